The minimum atomic E-state index is -0.858. The predicted molar refractivity (Wildman–Crippen MR) is 85.8 cm³/mol. The van der Waals surface area contributed by atoms with Crippen molar-refractivity contribution in [1.82, 2.24) is 0 Å². The largest absolute Gasteiger partial charge is 0.399 e. The van der Waals surface area contributed by atoms with Crippen molar-refractivity contribution in [3.05, 3.63) is 52.6 Å². The van der Waals surface area contributed by atoms with Crippen LogP contribution in [-0.4, -0.2) is 29.1 Å². The molecule has 0 amide bonds. The molecule has 0 radical (unpaired) electrons. The van der Waals surface area contributed by atoms with Gasteiger partial charge in [0.2, 0.25) is 0 Å². The zero-order valence-electron chi connectivity index (χ0n) is 12.3. The molecule has 4 rings (SSSR count). The molecule has 0 saturated carbocycles. The van der Waals surface area contributed by atoms with Crippen LogP contribution in [0.2, 0.25) is 0 Å². The third-order valence-corrected chi connectivity index (χ3v) is 4.61. The monoisotopic (exact) mass is 295 g/mol. The molecular weight excluding hydrogens is 278 g/mol. The Labute approximate surface area is 128 Å². The topological polar surface area (TPSA) is 62.0 Å². The van der Waals surface area contributed by atoms with Gasteiger partial charge in [-0.2, -0.15) is 0 Å². The van der Waals surface area contributed by atoms with E-state index >= 15 is 0 Å². The van der Waals surface area contributed by atoms with Crippen LogP contribution >= 0.6 is 0 Å². The fourth-order valence-corrected chi connectivity index (χ4v) is 3.56. The molecule has 2 aromatic carbocycles. The number of rotatable bonds is 1. The highest BCUT2D eigenvalue weighted by molar-refractivity contribution is 6.09. The van der Waals surface area contributed by atoms with Crippen LogP contribution in [0.25, 0.3) is 16.8 Å². The van der Waals surface area contributed by atoms with E-state index in [1.807, 2.05) is 18.2 Å². The Bertz CT molecular complexity index is 823. The summed E-state index contributed by atoms with van der Waals surface area (Å²) in [5.74, 6) is 0. The van der Waals surface area contributed by atoms with Gasteiger partial charge >= 0.3 is 0 Å². The molecule has 2 aliphatic rings. The average molecular weight is 295 g/mol. The van der Waals surface area contributed by atoms with Crippen LogP contribution in [0.1, 0.15) is 34.8 Å². The standard InChI is InChI=1S/C18H17NO3/c1-22-19-16-8-6-12-10-3-5-15-13(7-9-17(20)18(15)21)11(10)2-4-14(12)16/h2-5,7,9,17-18,20-21H,6,8H2,1H3/b19-16+/t17-,18-/m1/s1. The normalized spacial score (nSPS) is 24.6. The summed E-state index contributed by atoms with van der Waals surface area (Å²) in [5.41, 5.74) is 5.20. The number of hydrogen-bond acceptors (Lipinski definition) is 4. The summed E-state index contributed by atoms with van der Waals surface area (Å²) in [7, 11) is 1.57. The van der Waals surface area contributed by atoms with Crippen molar-refractivity contribution < 1.29 is 15.1 Å². The number of fused-ring (bicyclic) bond motifs is 5. The number of aryl methyl sites for hydroxylation is 1. The number of aliphatic hydroxyl groups is 2. The van der Waals surface area contributed by atoms with E-state index in [9.17, 15) is 10.2 Å². The maximum absolute atomic E-state index is 10.2. The lowest BCUT2D eigenvalue weighted by molar-refractivity contribution is 0.0471. The van der Waals surface area contributed by atoms with Gasteiger partial charge in [-0.25, -0.2) is 0 Å². The molecule has 0 aliphatic heterocycles. The summed E-state index contributed by atoms with van der Waals surface area (Å²) in [5, 5.41) is 26.3. The molecule has 0 bridgehead atoms. The maximum atomic E-state index is 10.2. The lowest BCUT2D eigenvalue weighted by atomic mass is 9.87. The zero-order chi connectivity index (χ0) is 15.3. The molecule has 0 saturated heterocycles. The van der Waals surface area contributed by atoms with Crippen LogP contribution in [0, 0.1) is 0 Å². The molecule has 4 nitrogen and oxygen atoms in total. The van der Waals surface area contributed by atoms with E-state index in [-0.39, 0.29) is 0 Å². The van der Waals surface area contributed by atoms with Crippen LogP contribution < -0.4 is 0 Å². The van der Waals surface area contributed by atoms with Gasteiger partial charge in [0.05, 0.1) is 5.71 Å². The quantitative estimate of drug-likeness (QED) is 0.795. The van der Waals surface area contributed by atoms with Gasteiger partial charge in [-0.15, -0.1) is 0 Å². The molecule has 0 fully saturated rings. The first-order valence-corrected chi connectivity index (χ1v) is 7.44. The molecule has 112 valence electrons. The maximum Gasteiger partial charge on any atom is 0.109 e. The molecule has 2 N–H and O–H groups in total. The van der Waals surface area contributed by atoms with Gasteiger partial charge in [0.15, 0.2) is 0 Å². The summed E-state index contributed by atoms with van der Waals surface area (Å²) in [6.07, 6.45) is 3.69. The second-order valence-corrected chi connectivity index (χ2v) is 5.77. The Hall–Kier alpha value is -2.17. The Kier molecular flexibility index (Phi) is 3.03. The lowest BCUT2D eigenvalue weighted by Crippen LogP contribution is -2.19. The van der Waals surface area contributed by atoms with E-state index in [1.165, 1.54) is 10.9 Å². The van der Waals surface area contributed by atoms with Crippen molar-refractivity contribution >= 4 is 22.6 Å². The van der Waals surface area contributed by atoms with Crippen LogP contribution in [0.5, 0.6) is 0 Å². The molecule has 0 aromatic heterocycles. The SMILES string of the molecule is CO/N=C1\CCc2c1ccc1c3c(ccc21)[C@@H](O)[C@H](O)C=C3. The van der Waals surface area contributed by atoms with Gasteiger partial charge in [0.1, 0.15) is 19.3 Å². The molecule has 4 heteroatoms. The summed E-state index contributed by atoms with van der Waals surface area (Å²) < 4.78 is 0. The second kappa shape index (κ2) is 4.93. The van der Waals surface area contributed by atoms with Crippen LogP contribution in [0.3, 0.4) is 0 Å². The number of oxime groups is 1. The zero-order valence-corrected chi connectivity index (χ0v) is 12.3. The van der Waals surface area contributed by atoms with E-state index in [0.717, 1.165) is 40.6 Å². The molecule has 0 unspecified atom stereocenters. The fourth-order valence-electron chi connectivity index (χ4n) is 3.56. The Morgan fingerprint density at radius 3 is 2.73 bits per heavy atom. The number of hydrogen-bond donors (Lipinski definition) is 2. The third-order valence-electron chi connectivity index (χ3n) is 4.61. The van der Waals surface area contributed by atoms with Gasteiger partial charge < -0.3 is 15.1 Å². The van der Waals surface area contributed by atoms with Crippen molar-refractivity contribution in [2.24, 2.45) is 5.16 Å². The minimum Gasteiger partial charge on any atom is -0.399 e. The lowest BCUT2D eigenvalue weighted by Gasteiger charge is -2.23. The van der Waals surface area contributed by atoms with Gasteiger partial charge in [-0.1, -0.05) is 41.6 Å². The van der Waals surface area contributed by atoms with Crippen molar-refractivity contribution in [2.75, 3.05) is 7.11 Å². The third kappa shape index (κ3) is 1.81. The van der Waals surface area contributed by atoms with Crippen molar-refractivity contribution in [3.8, 4) is 0 Å². The highest BCUT2D eigenvalue weighted by atomic mass is 16.6. The van der Waals surface area contributed by atoms with E-state index in [1.54, 1.807) is 13.2 Å². The first-order valence-electron chi connectivity index (χ1n) is 7.44. The van der Waals surface area contributed by atoms with E-state index < -0.39 is 12.2 Å². The highest BCUT2D eigenvalue weighted by Gasteiger charge is 2.26. The summed E-state index contributed by atoms with van der Waals surface area (Å²) in [4.78, 5) is 4.93. The molecular formula is C18H17NO3. The molecule has 2 atom stereocenters. The number of nitrogens with zero attached hydrogens (tertiary/aromatic N) is 1. The highest BCUT2D eigenvalue weighted by Crippen LogP contribution is 2.37. The minimum absolute atomic E-state index is 0.784. The summed E-state index contributed by atoms with van der Waals surface area (Å²) in [6.45, 7) is 0. The van der Waals surface area contributed by atoms with E-state index in [2.05, 4.69) is 17.3 Å². The first-order chi connectivity index (χ1) is 10.7. The fraction of sp³-hybridized carbons (Fsp3) is 0.278. The first kappa shape index (κ1) is 13.5. The van der Waals surface area contributed by atoms with Gasteiger partial charge in [-0.05, 0) is 40.3 Å². The smallest absolute Gasteiger partial charge is 0.109 e. The molecule has 0 heterocycles. The second-order valence-electron chi connectivity index (χ2n) is 5.77. The van der Waals surface area contributed by atoms with Crippen molar-refractivity contribution in [1.29, 1.82) is 0 Å². The molecule has 22 heavy (non-hydrogen) atoms. The van der Waals surface area contributed by atoms with Crippen molar-refractivity contribution in [3.63, 3.8) is 0 Å². The van der Waals surface area contributed by atoms with Gasteiger partial charge in [-0.3, -0.25) is 0 Å². The van der Waals surface area contributed by atoms with E-state index in [0.29, 0.717) is 0 Å². The molecule has 2 aromatic rings. The molecule has 2 aliphatic carbocycles. The van der Waals surface area contributed by atoms with Gasteiger partial charge in [0.25, 0.3) is 0 Å². The number of aliphatic hydroxyl groups excluding tert-OH is 2. The van der Waals surface area contributed by atoms with Crippen LogP contribution in [0.4, 0.5) is 0 Å². The molecule has 0 spiro atoms. The summed E-state index contributed by atoms with van der Waals surface area (Å²) >= 11 is 0. The Morgan fingerprint density at radius 2 is 1.91 bits per heavy atom. The van der Waals surface area contributed by atoms with Gasteiger partial charge in [0, 0.05) is 5.56 Å². The van der Waals surface area contributed by atoms with Crippen LogP contribution in [-0.2, 0) is 11.3 Å². The Balaban J connectivity index is 1.96. The average Bonchev–Trinajstić information content (AvgIpc) is 2.94. The summed E-state index contributed by atoms with van der Waals surface area (Å²) in [6, 6.07) is 8.10. The van der Waals surface area contributed by atoms with E-state index in [4.69, 9.17) is 4.84 Å². The number of benzene rings is 2. The predicted octanol–water partition coefficient (Wildman–Crippen LogP) is 2.56. The van der Waals surface area contributed by atoms with Crippen molar-refractivity contribution in [2.45, 2.75) is 25.0 Å². The van der Waals surface area contributed by atoms with Crippen LogP contribution in [0.15, 0.2) is 35.5 Å². The Morgan fingerprint density at radius 1 is 1.09 bits per heavy atom.